The van der Waals surface area contributed by atoms with Gasteiger partial charge in [-0.3, -0.25) is 0 Å². The highest BCUT2D eigenvalue weighted by molar-refractivity contribution is 5.85. The third-order valence-corrected chi connectivity index (χ3v) is 4.51. The van der Waals surface area contributed by atoms with E-state index < -0.39 is 30.5 Å². The van der Waals surface area contributed by atoms with Crippen LogP contribution in [0.5, 0.6) is 0 Å². The Bertz CT molecular complexity index is 907. The molecule has 1 saturated heterocycles. The molecule has 10 heteroatoms. The topological polar surface area (TPSA) is 152 Å². The van der Waals surface area contributed by atoms with E-state index in [1.165, 1.54) is 30.2 Å². The smallest absolute Gasteiger partial charge is 0.228 e. The van der Waals surface area contributed by atoms with Gasteiger partial charge in [0.15, 0.2) is 5.82 Å². The van der Waals surface area contributed by atoms with Crippen molar-refractivity contribution >= 4 is 11.3 Å². The van der Waals surface area contributed by atoms with Gasteiger partial charge in [0.2, 0.25) is 5.89 Å². The minimum absolute atomic E-state index is 0.200. The van der Waals surface area contributed by atoms with Crippen molar-refractivity contribution < 1.29 is 24.5 Å². The van der Waals surface area contributed by atoms with Crippen molar-refractivity contribution in [2.24, 2.45) is 0 Å². The van der Waals surface area contributed by atoms with E-state index in [0.29, 0.717) is 22.7 Å². The number of anilines is 1. The van der Waals surface area contributed by atoms with Gasteiger partial charge in [0.25, 0.3) is 0 Å². The van der Waals surface area contributed by atoms with Crippen molar-refractivity contribution in [3.63, 3.8) is 0 Å². The molecule has 4 rings (SSSR count). The molecule has 0 amide bonds. The lowest BCUT2D eigenvalue weighted by Crippen LogP contribution is -2.43. The summed E-state index contributed by atoms with van der Waals surface area (Å²) >= 11 is 0. The molecule has 1 aliphatic heterocycles. The van der Waals surface area contributed by atoms with Crippen LogP contribution in [0.3, 0.4) is 0 Å². The first-order valence-corrected chi connectivity index (χ1v) is 7.64. The van der Waals surface area contributed by atoms with E-state index in [-0.39, 0.29) is 5.82 Å². The Kier molecular flexibility index (Phi) is 3.51. The fourth-order valence-electron chi connectivity index (χ4n) is 3.23. The Labute approximate surface area is 141 Å². The molecule has 3 aromatic rings. The molecule has 0 saturated carbocycles. The zero-order valence-electron chi connectivity index (χ0n) is 13.3. The van der Waals surface area contributed by atoms with Gasteiger partial charge in [-0.25, -0.2) is 14.5 Å². The number of ether oxygens (including phenoxy) is 1. The van der Waals surface area contributed by atoms with Crippen LogP contribution in [-0.4, -0.2) is 59.3 Å². The van der Waals surface area contributed by atoms with E-state index in [1.54, 1.807) is 6.07 Å². The second-order valence-corrected chi connectivity index (χ2v) is 6.13. The quantitative estimate of drug-likeness (QED) is 0.491. The second kappa shape index (κ2) is 5.49. The van der Waals surface area contributed by atoms with Crippen LogP contribution in [0.1, 0.15) is 18.7 Å². The normalized spacial score (nSPS) is 29.5. The summed E-state index contributed by atoms with van der Waals surface area (Å²) in [4.78, 5) is 8.10. The first-order chi connectivity index (χ1) is 11.9. The second-order valence-electron chi connectivity index (χ2n) is 6.13. The number of hydrogen-bond acceptors (Lipinski definition) is 9. The highest BCUT2D eigenvalue weighted by atomic mass is 16.6. The fraction of sp³-hybridized carbons (Fsp3) is 0.400. The van der Waals surface area contributed by atoms with E-state index in [1.807, 2.05) is 0 Å². The van der Waals surface area contributed by atoms with E-state index in [2.05, 4.69) is 15.1 Å². The summed E-state index contributed by atoms with van der Waals surface area (Å²) in [6.45, 7) is 1.01. The molecule has 1 fully saturated rings. The maximum atomic E-state index is 10.7. The highest BCUT2D eigenvalue weighted by Gasteiger charge is 2.53. The van der Waals surface area contributed by atoms with Crippen molar-refractivity contribution in [3.8, 4) is 11.5 Å². The van der Waals surface area contributed by atoms with Gasteiger partial charge in [-0.1, -0.05) is 0 Å². The molecule has 4 atom stereocenters. The molecule has 4 heterocycles. The Balaban J connectivity index is 1.93. The minimum atomic E-state index is -1.64. The third-order valence-electron chi connectivity index (χ3n) is 4.51. The lowest BCUT2D eigenvalue weighted by atomic mass is 9.91. The van der Waals surface area contributed by atoms with Gasteiger partial charge in [0.1, 0.15) is 42.0 Å². The minimum Gasteiger partial charge on any atom is -0.444 e. The summed E-state index contributed by atoms with van der Waals surface area (Å²) in [6, 6.07) is 1.66. The first kappa shape index (κ1) is 16.0. The van der Waals surface area contributed by atoms with Crippen LogP contribution < -0.4 is 5.73 Å². The summed E-state index contributed by atoms with van der Waals surface area (Å²) < 4.78 is 12.5. The van der Waals surface area contributed by atoms with E-state index in [0.717, 1.165) is 0 Å². The van der Waals surface area contributed by atoms with Gasteiger partial charge in [-0.05, 0) is 13.0 Å². The maximum Gasteiger partial charge on any atom is 0.228 e. The molecule has 0 aliphatic carbocycles. The molecule has 0 aromatic carbocycles. The summed E-state index contributed by atoms with van der Waals surface area (Å²) in [5.74, 6) is 0.508. The SMILES string of the molecule is C[C@@]1(O)[C@H](O)[C@@H](CO)O[C@H]1c1cc(-c2ncco2)c2c(N)ncnn12. The fourth-order valence-corrected chi connectivity index (χ4v) is 3.23. The molecule has 5 N–H and O–H groups in total. The van der Waals surface area contributed by atoms with Gasteiger partial charge in [0, 0.05) is 0 Å². The molecular weight excluding hydrogens is 330 g/mol. The number of nitrogens with zero attached hydrogens (tertiary/aromatic N) is 4. The van der Waals surface area contributed by atoms with E-state index in [9.17, 15) is 15.3 Å². The van der Waals surface area contributed by atoms with Gasteiger partial charge in [-0.2, -0.15) is 5.10 Å². The number of aromatic nitrogens is 4. The predicted octanol–water partition coefficient (Wildman–Crippen LogP) is -0.489. The van der Waals surface area contributed by atoms with Crippen molar-refractivity contribution in [1.29, 1.82) is 0 Å². The number of fused-ring (bicyclic) bond motifs is 1. The molecule has 1 aliphatic rings. The van der Waals surface area contributed by atoms with Gasteiger partial charge >= 0.3 is 0 Å². The maximum absolute atomic E-state index is 10.7. The van der Waals surface area contributed by atoms with Crippen LogP contribution in [0.25, 0.3) is 17.0 Å². The summed E-state index contributed by atoms with van der Waals surface area (Å²) in [5, 5.41) is 34.5. The Morgan fingerprint density at radius 2 is 2.20 bits per heavy atom. The number of nitrogen functional groups attached to an aromatic ring is 1. The molecular formula is C15H17N5O5. The van der Waals surface area contributed by atoms with Gasteiger partial charge in [0.05, 0.1) is 24.1 Å². The van der Waals surface area contributed by atoms with Crippen LogP contribution >= 0.6 is 0 Å². The summed E-state index contributed by atoms with van der Waals surface area (Å²) in [5.41, 5.74) is 5.75. The van der Waals surface area contributed by atoms with Gasteiger partial charge < -0.3 is 30.2 Å². The summed E-state index contributed by atoms with van der Waals surface area (Å²) in [7, 11) is 0. The van der Waals surface area contributed by atoms with Crippen LogP contribution in [-0.2, 0) is 4.74 Å². The number of nitrogens with two attached hydrogens (primary N) is 1. The molecule has 3 aromatic heterocycles. The molecule has 25 heavy (non-hydrogen) atoms. The molecule has 0 radical (unpaired) electrons. The standard InChI is InChI=1S/C15H17N5O5/c1-15(23)11(22)9(5-21)25-12(15)8-4-7(14-17-2-3-24-14)10-13(16)18-6-19-20(8)10/h2-4,6,9,11-12,21-23H,5H2,1H3,(H2,16,18,19)/t9-,11-,12+,15-/m1/s1. The van der Waals surface area contributed by atoms with Crippen molar-refractivity contribution in [2.75, 3.05) is 12.3 Å². The summed E-state index contributed by atoms with van der Waals surface area (Å²) in [6.07, 6.45) is 1.05. The number of hydrogen-bond donors (Lipinski definition) is 4. The number of oxazole rings is 1. The van der Waals surface area contributed by atoms with Crippen LogP contribution in [0.4, 0.5) is 5.82 Å². The van der Waals surface area contributed by atoms with Crippen molar-refractivity contribution in [3.05, 3.63) is 30.5 Å². The Morgan fingerprint density at radius 3 is 2.84 bits per heavy atom. The van der Waals surface area contributed by atoms with E-state index in [4.69, 9.17) is 14.9 Å². The van der Waals surface area contributed by atoms with Crippen LogP contribution in [0.2, 0.25) is 0 Å². The Morgan fingerprint density at radius 1 is 1.40 bits per heavy atom. The Hall–Kier alpha value is -2.53. The number of aliphatic hydroxyl groups excluding tert-OH is 2. The molecule has 0 bridgehead atoms. The number of rotatable bonds is 3. The third kappa shape index (κ3) is 2.23. The van der Waals surface area contributed by atoms with Crippen molar-refractivity contribution in [2.45, 2.75) is 30.8 Å². The van der Waals surface area contributed by atoms with E-state index >= 15 is 0 Å². The zero-order valence-corrected chi connectivity index (χ0v) is 13.3. The number of aliphatic hydroxyl groups is 3. The molecule has 0 unspecified atom stereocenters. The predicted molar refractivity (Wildman–Crippen MR) is 84.2 cm³/mol. The van der Waals surface area contributed by atoms with Crippen LogP contribution in [0.15, 0.2) is 29.3 Å². The average molecular weight is 347 g/mol. The molecule has 0 spiro atoms. The molecule has 10 nitrogen and oxygen atoms in total. The molecule has 132 valence electrons. The first-order valence-electron chi connectivity index (χ1n) is 7.64. The van der Waals surface area contributed by atoms with Crippen molar-refractivity contribution in [1.82, 2.24) is 19.6 Å². The average Bonchev–Trinajstić information content (AvgIpc) is 3.27. The lowest BCUT2D eigenvalue weighted by Gasteiger charge is -2.26. The lowest BCUT2D eigenvalue weighted by molar-refractivity contribution is -0.0664. The monoisotopic (exact) mass is 347 g/mol. The van der Waals surface area contributed by atoms with Crippen LogP contribution in [0, 0.1) is 0 Å². The zero-order chi connectivity index (χ0) is 17.8. The highest BCUT2D eigenvalue weighted by Crippen LogP contribution is 2.43. The largest absolute Gasteiger partial charge is 0.444 e. The van der Waals surface area contributed by atoms with Gasteiger partial charge in [-0.15, -0.1) is 0 Å².